The maximum atomic E-state index is 12.5. The Labute approximate surface area is 222 Å². The molecule has 1 aliphatic heterocycles. The molecular weight excluding hydrogens is 488 g/mol. The Morgan fingerprint density at radius 3 is 1.84 bits per heavy atom. The van der Waals surface area contributed by atoms with E-state index in [1.807, 2.05) is 46.4 Å². The van der Waals surface area contributed by atoms with E-state index in [9.17, 15) is 14.7 Å². The molecule has 4 unspecified atom stereocenters. The molecule has 4 atom stereocenters. The van der Waals surface area contributed by atoms with Gasteiger partial charge < -0.3 is 30.7 Å². The van der Waals surface area contributed by atoms with Crippen molar-refractivity contribution in [2.45, 2.75) is 102 Å². The number of hydrogen-bond donors (Lipinski definition) is 4. The van der Waals surface area contributed by atoms with Gasteiger partial charge in [-0.2, -0.15) is 0 Å². The first-order chi connectivity index (χ1) is 17.7. The lowest BCUT2D eigenvalue weighted by molar-refractivity contribution is -0.273. The third-order valence-corrected chi connectivity index (χ3v) is 7.02. The molecule has 3 fully saturated rings. The zero-order valence-electron chi connectivity index (χ0n) is 22.7. The molecule has 5 rings (SSSR count). The molecule has 0 aromatic carbocycles. The van der Waals surface area contributed by atoms with Gasteiger partial charge in [0.15, 0.2) is 11.5 Å². The lowest BCUT2D eigenvalue weighted by atomic mass is 9.79. The molecule has 2 aliphatic carbocycles. The van der Waals surface area contributed by atoms with Crippen molar-refractivity contribution in [2.75, 3.05) is 10.2 Å². The number of amides is 2. The second-order valence-corrected chi connectivity index (χ2v) is 12.4. The second-order valence-electron chi connectivity index (χ2n) is 12.4. The number of carbonyl (C=O) groups excluding carboxylic acids is 2. The summed E-state index contributed by atoms with van der Waals surface area (Å²) in [7, 11) is 0. The fourth-order valence-electron chi connectivity index (χ4n) is 5.09. The van der Waals surface area contributed by atoms with Gasteiger partial charge in [-0.1, -0.05) is 0 Å². The van der Waals surface area contributed by atoms with Gasteiger partial charge in [-0.25, -0.2) is 19.9 Å². The molecule has 3 aliphatic rings. The molecule has 0 radical (unpaired) electrons. The Morgan fingerprint density at radius 1 is 0.895 bits per heavy atom. The van der Waals surface area contributed by atoms with Crippen LogP contribution in [0, 0.1) is 0 Å². The van der Waals surface area contributed by atoms with Crippen molar-refractivity contribution in [3.05, 3.63) is 35.9 Å². The molecule has 2 amide bonds. The molecule has 12 nitrogen and oxygen atoms in total. The Hall–Kier alpha value is -3.38. The summed E-state index contributed by atoms with van der Waals surface area (Å²) in [6.07, 6.45) is 8.61. The highest BCUT2D eigenvalue weighted by Crippen LogP contribution is 2.57. The highest BCUT2D eigenvalue weighted by atomic mass is 16.7. The molecular formula is C26H36N8O4. The SMILES string of the molecule is CC(C)(C)NC(=O)c1cnc(NC2CCC23OC2(O)CCC2N3c2ncc(C(=O)NC(C)(C)C)cn2)nc1. The predicted octanol–water partition coefficient (Wildman–Crippen LogP) is 1.98. The Kier molecular flexibility index (Phi) is 6.10. The number of aliphatic hydroxyl groups is 1. The summed E-state index contributed by atoms with van der Waals surface area (Å²) in [5.41, 5.74) is -0.923. The van der Waals surface area contributed by atoms with E-state index < -0.39 is 11.5 Å². The van der Waals surface area contributed by atoms with Gasteiger partial charge in [0.05, 0.1) is 23.2 Å². The van der Waals surface area contributed by atoms with E-state index in [4.69, 9.17) is 4.74 Å². The summed E-state index contributed by atoms with van der Waals surface area (Å²) < 4.78 is 6.32. The summed E-state index contributed by atoms with van der Waals surface area (Å²) in [5, 5.41) is 20.3. The highest BCUT2D eigenvalue weighted by molar-refractivity contribution is 5.94. The van der Waals surface area contributed by atoms with Crippen LogP contribution < -0.4 is 20.9 Å². The Morgan fingerprint density at radius 2 is 1.42 bits per heavy atom. The normalized spacial score (nSPS) is 28.2. The van der Waals surface area contributed by atoms with Crippen molar-refractivity contribution in [1.29, 1.82) is 0 Å². The molecule has 1 spiro atoms. The number of hydrogen-bond acceptors (Lipinski definition) is 10. The molecule has 0 bridgehead atoms. The van der Waals surface area contributed by atoms with Crippen LogP contribution in [0.1, 0.15) is 87.9 Å². The second kappa shape index (κ2) is 8.84. The Balaban J connectivity index is 1.34. The van der Waals surface area contributed by atoms with Crippen molar-refractivity contribution in [2.24, 2.45) is 0 Å². The third kappa shape index (κ3) is 4.78. The fourth-order valence-corrected chi connectivity index (χ4v) is 5.09. The number of fused-ring (bicyclic) bond motifs is 1. The van der Waals surface area contributed by atoms with Gasteiger partial charge in [0, 0.05) is 42.3 Å². The lowest BCUT2D eigenvalue weighted by Gasteiger charge is -2.51. The first kappa shape index (κ1) is 26.2. The molecule has 12 heteroatoms. The summed E-state index contributed by atoms with van der Waals surface area (Å²) in [6.45, 7) is 11.4. The van der Waals surface area contributed by atoms with Gasteiger partial charge in [-0.15, -0.1) is 0 Å². The minimum absolute atomic E-state index is 0.245. The predicted molar refractivity (Wildman–Crippen MR) is 139 cm³/mol. The summed E-state index contributed by atoms with van der Waals surface area (Å²) in [5.74, 6) is -1.05. The van der Waals surface area contributed by atoms with E-state index in [2.05, 4.69) is 35.9 Å². The minimum atomic E-state index is -1.29. The van der Waals surface area contributed by atoms with E-state index in [1.165, 1.54) is 24.8 Å². The first-order valence-electron chi connectivity index (χ1n) is 13.0. The van der Waals surface area contributed by atoms with Crippen LogP contribution in [0.4, 0.5) is 11.9 Å². The number of ether oxygens (including phenoxy) is 1. The van der Waals surface area contributed by atoms with Crippen molar-refractivity contribution < 1.29 is 19.4 Å². The maximum Gasteiger partial charge on any atom is 0.254 e. The zero-order chi connectivity index (χ0) is 27.5. The van der Waals surface area contributed by atoms with Crippen LogP contribution in [0.5, 0.6) is 0 Å². The number of aromatic nitrogens is 4. The summed E-state index contributed by atoms with van der Waals surface area (Å²) >= 11 is 0. The summed E-state index contributed by atoms with van der Waals surface area (Å²) in [4.78, 5) is 44.6. The van der Waals surface area contributed by atoms with Crippen LogP contribution in [0.2, 0.25) is 0 Å². The number of rotatable bonds is 5. The molecule has 2 aromatic rings. The van der Waals surface area contributed by atoms with Gasteiger partial charge in [-0.3, -0.25) is 9.59 Å². The Bertz CT molecular complexity index is 1220. The van der Waals surface area contributed by atoms with Gasteiger partial charge in [0.1, 0.15) is 0 Å². The molecule has 2 saturated carbocycles. The van der Waals surface area contributed by atoms with Crippen LogP contribution >= 0.6 is 0 Å². The van der Waals surface area contributed by atoms with Crippen LogP contribution in [-0.2, 0) is 4.74 Å². The van der Waals surface area contributed by atoms with Crippen molar-refractivity contribution in [3.63, 3.8) is 0 Å². The number of anilines is 2. The number of nitrogens with zero attached hydrogens (tertiary/aromatic N) is 5. The van der Waals surface area contributed by atoms with Crippen molar-refractivity contribution >= 4 is 23.7 Å². The van der Waals surface area contributed by atoms with Crippen LogP contribution in [-0.4, -0.2) is 71.5 Å². The van der Waals surface area contributed by atoms with E-state index >= 15 is 0 Å². The molecule has 4 N–H and O–H groups in total. The average Bonchev–Trinajstić information content (AvgIpc) is 3.00. The quantitative estimate of drug-likeness (QED) is 0.456. The van der Waals surface area contributed by atoms with Gasteiger partial charge in [0.2, 0.25) is 11.9 Å². The zero-order valence-corrected chi connectivity index (χ0v) is 22.7. The van der Waals surface area contributed by atoms with Gasteiger partial charge >= 0.3 is 0 Å². The smallest absolute Gasteiger partial charge is 0.254 e. The van der Waals surface area contributed by atoms with Crippen LogP contribution in [0.25, 0.3) is 0 Å². The van der Waals surface area contributed by atoms with Crippen LogP contribution in [0.15, 0.2) is 24.8 Å². The molecule has 38 heavy (non-hydrogen) atoms. The average molecular weight is 525 g/mol. The molecule has 204 valence electrons. The first-order valence-corrected chi connectivity index (χ1v) is 13.0. The van der Waals surface area contributed by atoms with E-state index in [0.717, 1.165) is 12.8 Å². The minimum Gasteiger partial charge on any atom is -0.364 e. The molecule has 3 heterocycles. The van der Waals surface area contributed by atoms with Crippen molar-refractivity contribution in [1.82, 2.24) is 30.6 Å². The topological polar surface area (TPSA) is 154 Å². The van der Waals surface area contributed by atoms with E-state index in [1.54, 1.807) is 0 Å². The maximum absolute atomic E-state index is 12.5. The lowest BCUT2D eigenvalue weighted by Crippen LogP contribution is -2.66. The van der Waals surface area contributed by atoms with Crippen molar-refractivity contribution in [3.8, 4) is 0 Å². The number of nitrogens with one attached hydrogen (secondary N) is 3. The molecule has 1 saturated heterocycles. The summed E-state index contributed by atoms with van der Waals surface area (Å²) in [6, 6.07) is -0.551. The van der Waals surface area contributed by atoms with Crippen LogP contribution in [0.3, 0.4) is 0 Å². The highest BCUT2D eigenvalue weighted by Gasteiger charge is 2.71. The monoisotopic (exact) mass is 524 g/mol. The van der Waals surface area contributed by atoms with Gasteiger partial charge in [-0.05, 0) is 60.8 Å². The van der Waals surface area contributed by atoms with E-state index in [-0.39, 0.29) is 35.0 Å². The standard InChI is InChI=1S/C26H36N8O4/c1-23(2,3)32-19(35)15-11-27-21(28-12-15)31-17-7-9-25(17)34(18-8-10-26(18,37)38-25)22-29-13-16(14-30-22)20(36)33-24(4,5)6/h11-14,17-18,37H,7-10H2,1-6H3,(H,32,35)(H,33,36)(H,27,28,31). The number of carbonyl (C=O) groups is 2. The third-order valence-electron chi connectivity index (χ3n) is 7.02. The fraction of sp³-hybridized carbons (Fsp3) is 0.615. The van der Waals surface area contributed by atoms with Gasteiger partial charge in [0.25, 0.3) is 11.8 Å². The largest absolute Gasteiger partial charge is 0.364 e. The van der Waals surface area contributed by atoms with E-state index in [0.29, 0.717) is 35.9 Å². The molecule has 2 aromatic heterocycles.